The highest BCUT2D eigenvalue weighted by atomic mass is 16.5. The lowest BCUT2D eigenvalue weighted by atomic mass is 9.79. The van der Waals surface area contributed by atoms with Crippen LogP contribution >= 0.6 is 0 Å². The maximum atomic E-state index is 12.9. The van der Waals surface area contributed by atoms with Crippen molar-refractivity contribution in [3.63, 3.8) is 0 Å². The number of hydrogen-bond acceptors (Lipinski definition) is 5. The number of piperidine rings is 1. The summed E-state index contributed by atoms with van der Waals surface area (Å²) in [5.74, 6) is 0.712. The zero-order valence-corrected chi connectivity index (χ0v) is 12.9. The van der Waals surface area contributed by atoms with Gasteiger partial charge >= 0.3 is 0 Å². The van der Waals surface area contributed by atoms with Gasteiger partial charge in [-0.2, -0.15) is 0 Å². The van der Waals surface area contributed by atoms with Gasteiger partial charge in [0.05, 0.1) is 6.61 Å². The van der Waals surface area contributed by atoms with Gasteiger partial charge in [-0.05, 0) is 31.4 Å². The van der Waals surface area contributed by atoms with Crippen molar-refractivity contribution in [2.45, 2.75) is 19.3 Å². The van der Waals surface area contributed by atoms with Gasteiger partial charge in [0.15, 0.2) is 0 Å². The number of likely N-dealkylation sites (tertiary alicyclic amines) is 1. The first-order valence-electron chi connectivity index (χ1n) is 7.94. The molecular formula is C16H19N5O2. The molecule has 4 rings (SSSR count). The van der Waals surface area contributed by atoms with E-state index in [9.17, 15) is 4.79 Å². The SMILES string of the molecule is O=C(c1ccnc(-n2cnnc2)c1)N1CCCC2(CCOC2)C1. The molecule has 0 aromatic carbocycles. The van der Waals surface area contributed by atoms with E-state index in [0.717, 1.165) is 45.6 Å². The van der Waals surface area contributed by atoms with E-state index in [0.29, 0.717) is 11.4 Å². The van der Waals surface area contributed by atoms with Crippen molar-refractivity contribution in [3.05, 3.63) is 36.5 Å². The van der Waals surface area contributed by atoms with Gasteiger partial charge in [0.2, 0.25) is 0 Å². The second kappa shape index (κ2) is 5.73. The Labute approximate surface area is 134 Å². The predicted molar refractivity (Wildman–Crippen MR) is 82.2 cm³/mol. The van der Waals surface area contributed by atoms with Gasteiger partial charge in [-0.3, -0.25) is 9.36 Å². The molecule has 23 heavy (non-hydrogen) atoms. The number of rotatable bonds is 2. The number of amides is 1. The first kappa shape index (κ1) is 14.3. The zero-order valence-electron chi connectivity index (χ0n) is 12.9. The van der Waals surface area contributed by atoms with Crippen molar-refractivity contribution in [2.75, 3.05) is 26.3 Å². The van der Waals surface area contributed by atoms with E-state index >= 15 is 0 Å². The Bertz CT molecular complexity index is 694. The van der Waals surface area contributed by atoms with Crippen molar-refractivity contribution in [1.82, 2.24) is 24.6 Å². The van der Waals surface area contributed by atoms with Gasteiger partial charge in [-0.25, -0.2) is 4.98 Å². The highest BCUT2D eigenvalue weighted by molar-refractivity contribution is 5.94. The maximum absolute atomic E-state index is 12.9. The molecule has 7 heteroatoms. The molecule has 7 nitrogen and oxygen atoms in total. The molecule has 1 atom stereocenters. The topological polar surface area (TPSA) is 73.1 Å². The van der Waals surface area contributed by atoms with Gasteiger partial charge in [-0.1, -0.05) is 0 Å². The van der Waals surface area contributed by atoms with Crippen LogP contribution < -0.4 is 0 Å². The second-order valence-corrected chi connectivity index (χ2v) is 6.40. The smallest absolute Gasteiger partial charge is 0.254 e. The fourth-order valence-electron chi connectivity index (χ4n) is 3.55. The largest absolute Gasteiger partial charge is 0.381 e. The lowest BCUT2D eigenvalue weighted by Crippen LogP contribution is -2.46. The molecule has 4 heterocycles. The Kier molecular flexibility index (Phi) is 3.57. The minimum atomic E-state index is 0.0627. The summed E-state index contributed by atoms with van der Waals surface area (Å²) in [5.41, 5.74) is 0.817. The van der Waals surface area contributed by atoms with Gasteiger partial charge in [0.25, 0.3) is 5.91 Å². The fraction of sp³-hybridized carbons (Fsp3) is 0.500. The van der Waals surface area contributed by atoms with Gasteiger partial charge < -0.3 is 9.64 Å². The molecule has 0 radical (unpaired) electrons. The molecule has 2 fully saturated rings. The van der Waals surface area contributed by atoms with Crippen molar-refractivity contribution in [3.8, 4) is 5.82 Å². The summed E-state index contributed by atoms with van der Waals surface area (Å²) in [6.07, 6.45) is 8.04. The van der Waals surface area contributed by atoms with E-state index in [-0.39, 0.29) is 11.3 Å². The number of ether oxygens (including phenoxy) is 1. The summed E-state index contributed by atoms with van der Waals surface area (Å²) in [7, 11) is 0. The molecule has 0 saturated carbocycles. The summed E-state index contributed by atoms with van der Waals surface area (Å²) in [5, 5.41) is 7.55. The summed E-state index contributed by atoms with van der Waals surface area (Å²) < 4.78 is 7.27. The monoisotopic (exact) mass is 313 g/mol. The number of nitrogens with zero attached hydrogens (tertiary/aromatic N) is 5. The van der Waals surface area contributed by atoms with Gasteiger partial charge in [0, 0.05) is 36.9 Å². The number of carbonyl (C=O) groups is 1. The third-order valence-electron chi connectivity index (χ3n) is 4.81. The van der Waals surface area contributed by atoms with Crippen LogP contribution in [0.25, 0.3) is 5.82 Å². The van der Waals surface area contributed by atoms with E-state index in [4.69, 9.17) is 4.74 Å². The van der Waals surface area contributed by atoms with Crippen molar-refractivity contribution >= 4 is 5.91 Å². The molecule has 1 spiro atoms. The molecule has 120 valence electrons. The van der Waals surface area contributed by atoms with Crippen LogP contribution in [0, 0.1) is 5.41 Å². The Balaban J connectivity index is 1.56. The standard InChI is InChI=1S/C16H19N5O2/c22-15(20-6-1-3-16(9-20)4-7-23-10-16)13-2-5-17-14(8-13)21-11-18-19-12-21/h2,5,8,11-12H,1,3-4,6-7,9-10H2. The van der Waals surface area contributed by atoms with Crippen LogP contribution in [-0.2, 0) is 4.74 Å². The second-order valence-electron chi connectivity index (χ2n) is 6.40. The van der Waals surface area contributed by atoms with Crippen LogP contribution in [0.4, 0.5) is 0 Å². The highest BCUT2D eigenvalue weighted by Gasteiger charge is 2.40. The lowest BCUT2D eigenvalue weighted by molar-refractivity contribution is 0.0462. The van der Waals surface area contributed by atoms with E-state index in [2.05, 4.69) is 15.2 Å². The average Bonchev–Trinajstić information content (AvgIpc) is 3.27. The zero-order chi connectivity index (χ0) is 15.7. The highest BCUT2D eigenvalue weighted by Crippen LogP contribution is 2.38. The lowest BCUT2D eigenvalue weighted by Gasteiger charge is -2.39. The number of carbonyl (C=O) groups excluding carboxylic acids is 1. The number of hydrogen-bond donors (Lipinski definition) is 0. The number of aromatic nitrogens is 4. The van der Waals surface area contributed by atoms with Crippen LogP contribution in [0.1, 0.15) is 29.6 Å². The third-order valence-corrected chi connectivity index (χ3v) is 4.81. The molecule has 0 aliphatic carbocycles. The van der Waals surface area contributed by atoms with Crippen LogP contribution in [0.2, 0.25) is 0 Å². The normalized spacial score (nSPS) is 24.3. The van der Waals surface area contributed by atoms with Crippen LogP contribution in [0.5, 0.6) is 0 Å². The minimum absolute atomic E-state index is 0.0627. The average molecular weight is 313 g/mol. The molecule has 0 N–H and O–H groups in total. The van der Waals surface area contributed by atoms with E-state index in [1.165, 1.54) is 0 Å². The molecular weight excluding hydrogens is 294 g/mol. The maximum Gasteiger partial charge on any atom is 0.254 e. The first-order valence-corrected chi connectivity index (χ1v) is 7.94. The molecule has 0 bridgehead atoms. The Morgan fingerprint density at radius 3 is 2.91 bits per heavy atom. The molecule has 2 saturated heterocycles. The Morgan fingerprint density at radius 1 is 1.26 bits per heavy atom. The summed E-state index contributed by atoms with van der Waals surface area (Å²) in [4.78, 5) is 19.1. The molecule has 2 aromatic rings. The van der Waals surface area contributed by atoms with E-state index in [1.807, 2.05) is 4.90 Å². The molecule has 2 aliphatic heterocycles. The van der Waals surface area contributed by atoms with Crippen LogP contribution in [-0.4, -0.2) is 56.9 Å². The van der Waals surface area contributed by atoms with Gasteiger partial charge in [-0.15, -0.1) is 10.2 Å². The predicted octanol–water partition coefficient (Wildman–Crippen LogP) is 1.30. The number of pyridine rings is 1. The quantitative estimate of drug-likeness (QED) is 0.835. The van der Waals surface area contributed by atoms with E-state index in [1.54, 1.807) is 35.6 Å². The summed E-state index contributed by atoms with van der Waals surface area (Å²) >= 11 is 0. The van der Waals surface area contributed by atoms with Crippen molar-refractivity contribution in [2.24, 2.45) is 5.41 Å². The summed E-state index contributed by atoms with van der Waals surface area (Å²) in [6.45, 7) is 3.19. The van der Waals surface area contributed by atoms with E-state index < -0.39 is 0 Å². The first-order chi connectivity index (χ1) is 11.3. The molecule has 2 aliphatic rings. The van der Waals surface area contributed by atoms with Crippen LogP contribution in [0.15, 0.2) is 31.0 Å². The van der Waals surface area contributed by atoms with Crippen LogP contribution in [0.3, 0.4) is 0 Å². The van der Waals surface area contributed by atoms with Crippen molar-refractivity contribution < 1.29 is 9.53 Å². The Morgan fingerprint density at radius 2 is 2.13 bits per heavy atom. The van der Waals surface area contributed by atoms with Gasteiger partial charge in [0.1, 0.15) is 18.5 Å². The summed E-state index contributed by atoms with van der Waals surface area (Å²) in [6, 6.07) is 3.56. The molecule has 1 amide bonds. The molecule has 2 aromatic heterocycles. The third kappa shape index (κ3) is 2.72. The minimum Gasteiger partial charge on any atom is -0.381 e. The molecule has 1 unspecified atom stereocenters. The fourth-order valence-corrected chi connectivity index (χ4v) is 3.55. The van der Waals surface area contributed by atoms with Crippen molar-refractivity contribution in [1.29, 1.82) is 0 Å². The Hall–Kier alpha value is -2.28.